The van der Waals surface area contributed by atoms with Crippen molar-refractivity contribution in [2.45, 2.75) is 39.7 Å². The molecular formula is C29H27NO4. The summed E-state index contributed by atoms with van der Waals surface area (Å²) in [6, 6.07) is 18.5. The predicted molar refractivity (Wildman–Crippen MR) is 134 cm³/mol. The number of anilines is 1. The van der Waals surface area contributed by atoms with Gasteiger partial charge in [0.05, 0.1) is 24.1 Å². The average molecular weight is 454 g/mol. The summed E-state index contributed by atoms with van der Waals surface area (Å²) in [5.41, 5.74) is 5.40. The SMILES string of the molecule is COc1ccc(N2C(=O)c3oc4cc(C)c(C)cc4c(=O)c3C2c2ccc(C(C)C)cc2)cc1. The number of carbonyl (C=O) groups excluding carboxylic acids is 1. The summed E-state index contributed by atoms with van der Waals surface area (Å²) in [6.07, 6.45) is 0. The fourth-order valence-electron chi connectivity index (χ4n) is 4.62. The Kier molecular flexibility index (Phi) is 5.28. The Morgan fingerprint density at radius 2 is 1.56 bits per heavy atom. The highest BCUT2D eigenvalue weighted by Crippen LogP contribution is 2.42. The molecule has 0 aliphatic carbocycles. The van der Waals surface area contributed by atoms with E-state index in [1.54, 1.807) is 12.0 Å². The first-order valence-electron chi connectivity index (χ1n) is 11.5. The smallest absolute Gasteiger partial charge is 0.295 e. The van der Waals surface area contributed by atoms with E-state index in [9.17, 15) is 9.59 Å². The number of amides is 1. The Labute approximate surface area is 198 Å². The van der Waals surface area contributed by atoms with Crippen molar-refractivity contribution in [3.8, 4) is 5.75 Å². The molecule has 5 heteroatoms. The van der Waals surface area contributed by atoms with E-state index in [1.165, 1.54) is 5.56 Å². The van der Waals surface area contributed by atoms with Gasteiger partial charge >= 0.3 is 0 Å². The van der Waals surface area contributed by atoms with Gasteiger partial charge in [-0.25, -0.2) is 0 Å². The normalized spacial score (nSPS) is 15.3. The zero-order valence-electron chi connectivity index (χ0n) is 20.0. The van der Waals surface area contributed by atoms with Gasteiger partial charge in [-0.3, -0.25) is 14.5 Å². The van der Waals surface area contributed by atoms with Crippen LogP contribution in [-0.4, -0.2) is 13.0 Å². The Morgan fingerprint density at radius 3 is 2.18 bits per heavy atom. The molecule has 1 unspecified atom stereocenters. The highest BCUT2D eigenvalue weighted by molar-refractivity contribution is 6.10. The molecule has 5 rings (SSSR count). The van der Waals surface area contributed by atoms with Gasteiger partial charge in [0, 0.05) is 5.69 Å². The van der Waals surface area contributed by atoms with Crippen LogP contribution in [0.1, 0.15) is 64.2 Å². The average Bonchev–Trinajstić information content (AvgIpc) is 3.13. The van der Waals surface area contributed by atoms with Crippen LogP contribution >= 0.6 is 0 Å². The molecular weight excluding hydrogens is 426 g/mol. The molecule has 1 aromatic heterocycles. The molecule has 1 aliphatic rings. The van der Waals surface area contributed by atoms with E-state index in [-0.39, 0.29) is 17.1 Å². The van der Waals surface area contributed by atoms with E-state index in [0.717, 1.165) is 16.7 Å². The Bertz CT molecular complexity index is 1460. The van der Waals surface area contributed by atoms with Crippen LogP contribution < -0.4 is 15.1 Å². The lowest BCUT2D eigenvalue weighted by Gasteiger charge is -2.25. The van der Waals surface area contributed by atoms with Gasteiger partial charge in [0.1, 0.15) is 11.3 Å². The Balaban J connectivity index is 1.76. The molecule has 5 nitrogen and oxygen atoms in total. The molecule has 0 radical (unpaired) electrons. The third-order valence-electron chi connectivity index (χ3n) is 6.76. The molecule has 4 aromatic rings. The van der Waals surface area contributed by atoms with Crippen molar-refractivity contribution in [2.75, 3.05) is 12.0 Å². The number of carbonyl (C=O) groups is 1. The first kappa shape index (κ1) is 22.0. The van der Waals surface area contributed by atoms with Crippen LogP contribution in [0.4, 0.5) is 5.69 Å². The van der Waals surface area contributed by atoms with Crippen LogP contribution in [0.15, 0.2) is 69.9 Å². The van der Waals surface area contributed by atoms with Gasteiger partial charge in [-0.05, 0) is 78.4 Å². The van der Waals surface area contributed by atoms with Crippen molar-refractivity contribution in [1.82, 2.24) is 0 Å². The molecule has 0 saturated heterocycles. The lowest BCUT2D eigenvalue weighted by molar-refractivity contribution is 0.0971. The Hall–Kier alpha value is -3.86. The van der Waals surface area contributed by atoms with Crippen LogP contribution in [0.2, 0.25) is 0 Å². The van der Waals surface area contributed by atoms with Crippen LogP contribution in [0.3, 0.4) is 0 Å². The van der Waals surface area contributed by atoms with Gasteiger partial charge in [0.25, 0.3) is 5.91 Å². The molecule has 1 aliphatic heterocycles. The molecule has 0 N–H and O–H groups in total. The molecule has 0 saturated carbocycles. The second kappa shape index (κ2) is 8.17. The number of ether oxygens (including phenoxy) is 1. The fourth-order valence-corrected chi connectivity index (χ4v) is 4.62. The minimum atomic E-state index is -0.584. The standard InChI is InChI=1S/C29H27NO4/c1-16(2)19-6-8-20(9-7-19)26-25-27(31)23-14-17(3)18(4)15-24(23)34-28(25)29(32)30(26)21-10-12-22(33-5)13-11-21/h6-16,26H,1-5H3. The number of benzene rings is 3. The summed E-state index contributed by atoms with van der Waals surface area (Å²) in [5, 5.41) is 0.495. The minimum absolute atomic E-state index is 0.106. The summed E-state index contributed by atoms with van der Waals surface area (Å²) in [4.78, 5) is 29.2. The molecule has 2 heterocycles. The van der Waals surface area contributed by atoms with Gasteiger partial charge < -0.3 is 9.15 Å². The largest absolute Gasteiger partial charge is 0.497 e. The molecule has 0 bridgehead atoms. The van der Waals surface area contributed by atoms with E-state index in [2.05, 4.69) is 26.0 Å². The maximum Gasteiger partial charge on any atom is 0.295 e. The van der Waals surface area contributed by atoms with Crippen molar-refractivity contribution in [3.63, 3.8) is 0 Å². The molecule has 0 spiro atoms. The second-order valence-electron chi connectivity index (χ2n) is 9.20. The number of methoxy groups -OCH3 is 1. The highest BCUT2D eigenvalue weighted by atomic mass is 16.5. The molecule has 172 valence electrons. The van der Waals surface area contributed by atoms with Crippen LogP contribution in [0, 0.1) is 13.8 Å². The zero-order chi connectivity index (χ0) is 24.1. The van der Waals surface area contributed by atoms with E-state index in [4.69, 9.17) is 9.15 Å². The number of aryl methyl sites for hydroxylation is 2. The van der Waals surface area contributed by atoms with Gasteiger partial charge in [-0.1, -0.05) is 38.1 Å². The molecule has 1 atom stereocenters. The van der Waals surface area contributed by atoms with E-state index >= 15 is 0 Å². The maximum absolute atomic E-state index is 13.8. The first-order valence-corrected chi connectivity index (χ1v) is 11.5. The number of hydrogen-bond acceptors (Lipinski definition) is 4. The Morgan fingerprint density at radius 1 is 0.912 bits per heavy atom. The van der Waals surface area contributed by atoms with Gasteiger partial charge in [0.2, 0.25) is 5.76 Å². The van der Waals surface area contributed by atoms with E-state index < -0.39 is 6.04 Å². The fraction of sp³-hybridized carbons (Fsp3) is 0.241. The molecule has 34 heavy (non-hydrogen) atoms. The third kappa shape index (κ3) is 3.39. The zero-order valence-corrected chi connectivity index (χ0v) is 20.0. The summed E-state index contributed by atoms with van der Waals surface area (Å²) >= 11 is 0. The van der Waals surface area contributed by atoms with E-state index in [1.807, 2.05) is 62.4 Å². The summed E-state index contributed by atoms with van der Waals surface area (Å²) in [7, 11) is 1.60. The predicted octanol–water partition coefficient (Wildman–Crippen LogP) is 6.29. The molecule has 3 aromatic carbocycles. The third-order valence-corrected chi connectivity index (χ3v) is 6.76. The van der Waals surface area contributed by atoms with Crippen LogP contribution in [-0.2, 0) is 0 Å². The van der Waals surface area contributed by atoms with Crippen molar-refractivity contribution in [1.29, 1.82) is 0 Å². The number of hydrogen-bond donors (Lipinski definition) is 0. The van der Waals surface area contributed by atoms with Crippen LogP contribution in [0.25, 0.3) is 11.0 Å². The molecule has 1 amide bonds. The highest BCUT2D eigenvalue weighted by Gasteiger charge is 2.43. The van der Waals surface area contributed by atoms with Crippen molar-refractivity contribution in [3.05, 3.63) is 104 Å². The van der Waals surface area contributed by atoms with Crippen molar-refractivity contribution in [2.24, 2.45) is 0 Å². The quantitative estimate of drug-likeness (QED) is 0.364. The van der Waals surface area contributed by atoms with Gasteiger partial charge in [0.15, 0.2) is 5.43 Å². The number of fused-ring (bicyclic) bond motifs is 2. The molecule has 0 fully saturated rings. The second-order valence-corrected chi connectivity index (χ2v) is 9.20. The van der Waals surface area contributed by atoms with Crippen molar-refractivity contribution < 1.29 is 13.9 Å². The first-order chi connectivity index (χ1) is 16.3. The lowest BCUT2D eigenvalue weighted by atomic mass is 9.94. The topological polar surface area (TPSA) is 59.8 Å². The van der Waals surface area contributed by atoms with Crippen molar-refractivity contribution >= 4 is 22.6 Å². The van der Waals surface area contributed by atoms with Gasteiger partial charge in [-0.15, -0.1) is 0 Å². The number of nitrogens with zero attached hydrogens (tertiary/aromatic N) is 1. The minimum Gasteiger partial charge on any atom is -0.497 e. The van der Waals surface area contributed by atoms with E-state index in [0.29, 0.717) is 33.9 Å². The van der Waals surface area contributed by atoms with Crippen LogP contribution in [0.5, 0.6) is 5.75 Å². The maximum atomic E-state index is 13.8. The lowest BCUT2D eigenvalue weighted by Crippen LogP contribution is -2.29. The summed E-state index contributed by atoms with van der Waals surface area (Å²) in [6.45, 7) is 8.21. The van der Waals surface area contributed by atoms with Gasteiger partial charge in [-0.2, -0.15) is 0 Å². The monoisotopic (exact) mass is 453 g/mol. The summed E-state index contributed by atoms with van der Waals surface area (Å²) < 4.78 is 11.4. The number of rotatable bonds is 4. The summed E-state index contributed by atoms with van der Waals surface area (Å²) in [5.74, 6) is 0.853.